The first-order valence-electron chi connectivity index (χ1n) is 8.54. The highest BCUT2D eigenvalue weighted by molar-refractivity contribution is 7.17. The van der Waals surface area contributed by atoms with Crippen molar-refractivity contribution < 1.29 is 9.59 Å². The van der Waals surface area contributed by atoms with Gasteiger partial charge in [0.05, 0.1) is 12.1 Å². The van der Waals surface area contributed by atoms with Gasteiger partial charge in [0.25, 0.3) is 5.91 Å². The maximum atomic E-state index is 12.4. The van der Waals surface area contributed by atoms with Crippen molar-refractivity contribution in [3.05, 3.63) is 16.0 Å². The zero-order valence-corrected chi connectivity index (χ0v) is 14.5. The molecule has 0 saturated carbocycles. The lowest BCUT2D eigenvalue weighted by Crippen LogP contribution is -2.42. The molecule has 1 aliphatic carbocycles. The molecule has 1 aliphatic heterocycles. The predicted octanol–water partition coefficient (Wildman–Crippen LogP) is 2.54. The minimum Gasteiger partial charge on any atom is -0.365 e. The second kappa shape index (κ2) is 7.01. The molecule has 3 rings (SSSR count). The first-order valence-corrected chi connectivity index (χ1v) is 9.36. The number of amides is 2. The van der Waals surface area contributed by atoms with Crippen LogP contribution in [-0.4, -0.2) is 35.8 Å². The number of rotatable bonds is 4. The van der Waals surface area contributed by atoms with Gasteiger partial charge in [-0.05, 0) is 57.6 Å². The number of fused-ring (bicyclic) bond motifs is 1. The standard InChI is InChI=1S/C17H25N3O2S/c1-11-6-4-5-9-20(11)10-14(21)19-17-15(16(18)22)12-7-2-3-8-13(12)23-17/h11H,2-10H2,1H3,(H2,18,22)(H,19,21)/t11-/m1/s1. The molecule has 6 heteroatoms. The monoisotopic (exact) mass is 335 g/mol. The molecule has 3 N–H and O–H groups in total. The number of nitrogens with one attached hydrogen (secondary N) is 1. The number of primary amides is 1. The molecule has 0 spiro atoms. The third-order valence-electron chi connectivity index (χ3n) is 4.96. The van der Waals surface area contributed by atoms with Gasteiger partial charge < -0.3 is 11.1 Å². The van der Waals surface area contributed by atoms with Crippen LogP contribution in [0.5, 0.6) is 0 Å². The fourth-order valence-corrected chi connectivity index (χ4v) is 4.97. The van der Waals surface area contributed by atoms with E-state index >= 15 is 0 Å². The van der Waals surface area contributed by atoms with E-state index in [0.29, 0.717) is 23.2 Å². The number of hydrogen-bond donors (Lipinski definition) is 2. The Morgan fingerprint density at radius 3 is 2.78 bits per heavy atom. The Labute approximate surface area is 141 Å². The molecule has 0 unspecified atom stereocenters. The molecular weight excluding hydrogens is 310 g/mol. The highest BCUT2D eigenvalue weighted by Gasteiger charge is 2.26. The maximum absolute atomic E-state index is 12.4. The van der Waals surface area contributed by atoms with Gasteiger partial charge in [0, 0.05) is 10.9 Å². The van der Waals surface area contributed by atoms with Crippen molar-refractivity contribution in [1.82, 2.24) is 4.90 Å². The van der Waals surface area contributed by atoms with Crippen LogP contribution in [0.15, 0.2) is 0 Å². The van der Waals surface area contributed by atoms with Crippen LogP contribution in [-0.2, 0) is 17.6 Å². The van der Waals surface area contributed by atoms with Gasteiger partial charge in [0.15, 0.2) is 0 Å². The van der Waals surface area contributed by atoms with Crippen molar-refractivity contribution in [3.63, 3.8) is 0 Å². The number of carbonyl (C=O) groups excluding carboxylic acids is 2. The zero-order chi connectivity index (χ0) is 16.4. The highest BCUT2D eigenvalue weighted by atomic mass is 32.1. The third kappa shape index (κ3) is 3.58. The number of likely N-dealkylation sites (tertiary alicyclic amines) is 1. The van der Waals surface area contributed by atoms with Crippen LogP contribution in [0, 0.1) is 0 Å². The lowest BCUT2D eigenvalue weighted by molar-refractivity contribution is -0.118. The van der Waals surface area contributed by atoms with E-state index in [4.69, 9.17) is 5.73 Å². The lowest BCUT2D eigenvalue weighted by atomic mass is 9.95. The molecule has 2 amide bonds. The number of nitrogens with zero attached hydrogens (tertiary/aromatic N) is 1. The lowest BCUT2D eigenvalue weighted by Gasteiger charge is -2.32. The van der Waals surface area contributed by atoms with Gasteiger partial charge in [-0.2, -0.15) is 0 Å². The van der Waals surface area contributed by atoms with Gasteiger partial charge in [-0.25, -0.2) is 0 Å². The molecule has 1 aromatic heterocycles. The van der Waals surface area contributed by atoms with E-state index in [0.717, 1.165) is 50.6 Å². The summed E-state index contributed by atoms with van der Waals surface area (Å²) < 4.78 is 0. The average Bonchev–Trinajstić information content (AvgIpc) is 2.87. The molecule has 5 nitrogen and oxygen atoms in total. The number of thiophene rings is 1. The normalized spacial score (nSPS) is 21.7. The van der Waals surface area contributed by atoms with Crippen LogP contribution in [0.25, 0.3) is 0 Å². The van der Waals surface area contributed by atoms with E-state index in [2.05, 4.69) is 17.1 Å². The van der Waals surface area contributed by atoms with Gasteiger partial charge >= 0.3 is 0 Å². The Balaban J connectivity index is 1.73. The molecule has 0 bridgehead atoms. The molecule has 1 saturated heterocycles. The second-order valence-corrected chi connectivity index (χ2v) is 7.75. The maximum Gasteiger partial charge on any atom is 0.251 e. The molecule has 126 valence electrons. The fourth-order valence-electron chi connectivity index (χ4n) is 3.66. The molecule has 2 heterocycles. The van der Waals surface area contributed by atoms with Gasteiger partial charge in [0.2, 0.25) is 5.91 Å². The summed E-state index contributed by atoms with van der Waals surface area (Å²) in [4.78, 5) is 27.7. The van der Waals surface area contributed by atoms with Crippen molar-refractivity contribution in [2.45, 2.75) is 57.9 Å². The van der Waals surface area contributed by atoms with Crippen molar-refractivity contribution in [2.24, 2.45) is 5.73 Å². The second-order valence-electron chi connectivity index (χ2n) is 6.64. The summed E-state index contributed by atoms with van der Waals surface area (Å²) in [6, 6.07) is 0.446. The number of aryl methyl sites for hydroxylation is 1. The topological polar surface area (TPSA) is 75.4 Å². The summed E-state index contributed by atoms with van der Waals surface area (Å²) in [5.41, 5.74) is 7.18. The molecule has 0 aromatic carbocycles. The van der Waals surface area contributed by atoms with Crippen molar-refractivity contribution in [1.29, 1.82) is 0 Å². The summed E-state index contributed by atoms with van der Waals surface area (Å²) in [5, 5.41) is 3.61. The summed E-state index contributed by atoms with van der Waals surface area (Å²) in [7, 11) is 0. The molecule has 23 heavy (non-hydrogen) atoms. The van der Waals surface area contributed by atoms with Crippen LogP contribution in [0.2, 0.25) is 0 Å². The Kier molecular flexibility index (Phi) is 5.02. The van der Waals surface area contributed by atoms with Gasteiger partial charge in [-0.1, -0.05) is 6.42 Å². The Morgan fingerprint density at radius 2 is 2.04 bits per heavy atom. The van der Waals surface area contributed by atoms with Crippen molar-refractivity contribution >= 4 is 28.2 Å². The molecule has 1 aromatic rings. The fraction of sp³-hybridized carbons (Fsp3) is 0.647. The summed E-state index contributed by atoms with van der Waals surface area (Å²) >= 11 is 1.53. The van der Waals surface area contributed by atoms with Crippen LogP contribution >= 0.6 is 11.3 Å². The van der Waals surface area contributed by atoms with Crippen molar-refractivity contribution in [2.75, 3.05) is 18.4 Å². The summed E-state index contributed by atoms with van der Waals surface area (Å²) in [6.07, 6.45) is 7.64. The number of carbonyl (C=O) groups is 2. The molecule has 2 aliphatic rings. The number of piperidine rings is 1. The predicted molar refractivity (Wildman–Crippen MR) is 93.0 cm³/mol. The zero-order valence-electron chi connectivity index (χ0n) is 13.7. The quantitative estimate of drug-likeness (QED) is 0.888. The Morgan fingerprint density at radius 1 is 1.26 bits per heavy atom. The summed E-state index contributed by atoms with van der Waals surface area (Å²) in [5.74, 6) is -0.467. The van der Waals surface area contributed by atoms with Crippen LogP contribution in [0.4, 0.5) is 5.00 Å². The minimum absolute atomic E-state index is 0.0418. The van der Waals surface area contributed by atoms with Crippen LogP contribution < -0.4 is 11.1 Å². The minimum atomic E-state index is -0.425. The Bertz CT molecular complexity index is 611. The van der Waals surface area contributed by atoms with E-state index in [9.17, 15) is 9.59 Å². The van der Waals surface area contributed by atoms with E-state index < -0.39 is 5.91 Å². The van der Waals surface area contributed by atoms with Gasteiger partial charge in [-0.15, -0.1) is 11.3 Å². The number of anilines is 1. The molecule has 0 radical (unpaired) electrons. The smallest absolute Gasteiger partial charge is 0.251 e. The van der Waals surface area contributed by atoms with Crippen molar-refractivity contribution in [3.8, 4) is 0 Å². The molecule has 1 fully saturated rings. The number of hydrogen-bond acceptors (Lipinski definition) is 4. The molecule has 1 atom stereocenters. The van der Waals surface area contributed by atoms with E-state index in [-0.39, 0.29) is 5.91 Å². The highest BCUT2D eigenvalue weighted by Crippen LogP contribution is 2.37. The first-order chi connectivity index (χ1) is 11.1. The molecular formula is C17H25N3O2S. The Hall–Kier alpha value is -1.40. The first kappa shape index (κ1) is 16.5. The van der Waals surface area contributed by atoms with Gasteiger partial charge in [0.1, 0.15) is 5.00 Å². The van der Waals surface area contributed by atoms with Crippen LogP contribution in [0.3, 0.4) is 0 Å². The van der Waals surface area contributed by atoms with E-state index in [1.54, 1.807) is 0 Å². The average molecular weight is 335 g/mol. The SMILES string of the molecule is C[C@@H]1CCCCN1CC(=O)Nc1sc2c(c1C(N)=O)CCCC2. The van der Waals surface area contributed by atoms with Gasteiger partial charge in [-0.3, -0.25) is 14.5 Å². The number of nitrogens with two attached hydrogens (primary N) is 1. The van der Waals surface area contributed by atoms with Crippen LogP contribution in [0.1, 0.15) is 59.8 Å². The van der Waals surface area contributed by atoms with E-state index in [1.807, 2.05) is 0 Å². The third-order valence-corrected chi connectivity index (χ3v) is 6.17. The largest absolute Gasteiger partial charge is 0.365 e. The van der Waals surface area contributed by atoms with E-state index in [1.165, 1.54) is 22.6 Å². The summed E-state index contributed by atoms with van der Waals surface area (Å²) in [6.45, 7) is 3.53.